The lowest BCUT2D eigenvalue weighted by molar-refractivity contribution is -0.457. The molecule has 0 atom stereocenters. The summed E-state index contributed by atoms with van der Waals surface area (Å²) in [5, 5.41) is 0. The van der Waals surface area contributed by atoms with Crippen molar-refractivity contribution in [1.29, 1.82) is 0 Å². The van der Waals surface area contributed by atoms with Crippen molar-refractivity contribution in [3.8, 4) is 0 Å². The Morgan fingerprint density at radius 1 is 1.20 bits per heavy atom. The normalized spacial score (nSPS) is 32.1. The van der Waals surface area contributed by atoms with E-state index in [0.717, 1.165) is 19.3 Å². The van der Waals surface area contributed by atoms with Crippen LogP contribution in [-0.2, 0) is 4.74 Å². The van der Waals surface area contributed by atoms with Gasteiger partial charge in [-0.25, -0.2) is 0 Å². The van der Waals surface area contributed by atoms with Crippen LogP contribution in [-0.4, -0.2) is 19.3 Å². The highest BCUT2D eigenvalue weighted by Gasteiger charge is 2.45. The fourth-order valence-electron chi connectivity index (χ4n) is 2.38. The van der Waals surface area contributed by atoms with Gasteiger partial charge >= 0.3 is 0 Å². The molecule has 2 fully saturated rings. The summed E-state index contributed by atoms with van der Waals surface area (Å²) in [6, 6.07) is 0.748. The van der Waals surface area contributed by atoms with Crippen molar-refractivity contribution in [3.05, 3.63) is 0 Å². The molecule has 0 aromatic heterocycles. The maximum atomic E-state index is 5.32. The Hall–Kier alpha value is -0.0800. The molecule has 1 spiro atoms. The first-order chi connectivity index (χ1) is 4.81. The lowest BCUT2D eigenvalue weighted by Gasteiger charge is -2.46. The summed E-state index contributed by atoms with van der Waals surface area (Å²) in [6.45, 7) is 1.99. The van der Waals surface area contributed by atoms with Gasteiger partial charge in [0.2, 0.25) is 0 Å². The van der Waals surface area contributed by atoms with Gasteiger partial charge in [-0.15, -0.1) is 0 Å². The van der Waals surface area contributed by atoms with E-state index >= 15 is 0 Å². The van der Waals surface area contributed by atoms with Crippen LogP contribution in [0.25, 0.3) is 0 Å². The smallest absolute Gasteiger partial charge is 0.0854 e. The highest BCUT2D eigenvalue weighted by Crippen LogP contribution is 2.46. The number of rotatable bonds is 0. The molecule has 0 radical (unpaired) electrons. The molecule has 0 aromatic carbocycles. The van der Waals surface area contributed by atoms with E-state index in [0.29, 0.717) is 5.41 Å². The molecule has 1 saturated carbocycles. The molecule has 2 nitrogen and oxygen atoms in total. The SMILES string of the molecule is [NH3+]C1CC2(CCOCC2)C1. The van der Waals surface area contributed by atoms with E-state index in [2.05, 4.69) is 5.73 Å². The Morgan fingerprint density at radius 2 is 1.80 bits per heavy atom. The summed E-state index contributed by atoms with van der Waals surface area (Å²) in [6.07, 6.45) is 5.30. The van der Waals surface area contributed by atoms with Gasteiger partial charge < -0.3 is 10.5 Å². The van der Waals surface area contributed by atoms with Gasteiger partial charge in [0.1, 0.15) is 0 Å². The van der Waals surface area contributed by atoms with Crippen LogP contribution in [0.2, 0.25) is 0 Å². The molecule has 1 aliphatic carbocycles. The molecule has 1 heterocycles. The van der Waals surface area contributed by atoms with E-state index in [1.165, 1.54) is 25.7 Å². The van der Waals surface area contributed by atoms with Crippen molar-refractivity contribution in [3.63, 3.8) is 0 Å². The summed E-state index contributed by atoms with van der Waals surface area (Å²) >= 11 is 0. The lowest BCUT2D eigenvalue weighted by Crippen LogP contribution is -2.70. The minimum Gasteiger partial charge on any atom is -0.381 e. The van der Waals surface area contributed by atoms with Crippen molar-refractivity contribution >= 4 is 0 Å². The van der Waals surface area contributed by atoms with E-state index in [1.807, 2.05) is 0 Å². The Kier molecular flexibility index (Phi) is 1.46. The highest BCUT2D eigenvalue weighted by molar-refractivity contribution is 4.94. The minimum absolute atomic E-state index is 0.685. The zero-order valence-electron chi connectivity index (χ0n) is 6.44. The van der Waals surface area contributed by atoms with Crippen LogP contribution in [0.3, 0.4) is 0 Å². The van der Waals surface area contributed by atoms with E-state index in [-0.39, 0.29) is 0 Å². The molecule has 2 rings (SSSR count). The molecule has 10 heavy (non-hydrogen) atoms. The van der Waals surface area contributed by atoms with E-state index in [1.54, 1.807) is 0 Å². The van der Waals surface area contributed by atoms with Crippen LogP contribution < -0.4 is 5.73 Å². The molecule has 3 N–H and O–H groups in total. The van der Waals surface area contributed by atoms with Crippen molar-refractivity contribution in [2.75, 3.05) is 13.2 Å². The third-order valence-electron chi connectivity index (χ3n) is 3.00. The van der Waals surface area contributed by atoms with Gasteiger partial charge in [-0.3, -0.25) is 0 Å². The molecule has 2 aliphatic rings. The van der Waals surface area contributed by atoms with Gasteiger partial charge in [0, 0.05) is 26.1 Å². The van der Waals surface area contributed by atoms with Crippen LogP contribution >= 0.6 is 0 Å². The summed E-state index contributed by atoms with van der Waals surface area (Å²) in [4.78, 5) is 0. The summed E-state index contributed by atoms with van der Waals surface area (Å²) in [7, 11) is 0. The average Bonchev–Trinajstić information content (AvgIpc) is 1.87. The number of quaternary nitrogens is 1. The second-order valence-corrected chi connectivity index (χ2v) is 3.89. The predicted octanol–water partition coefficient (Wildman–Crippen LogP) is 0.187. The summed E-state index contributed by atoms with van der Waals surface area (Å²) < 4.78 is 5.32. The van der Waals surface area contributed by atoms with Crippen molar-refractivity contribution in [1.82, 2.24) is 0 Å². The first-order valence-electron chi connectivity index (χ1n) is 4.22. The zero-order valence-corrected chi connectivity index (χ0v) is 6.44. The minimum atomic E-state index is 0.685. The van der Waals surface area contributed by atoms with Crippen LogP contribution in [0, 0.1) is 5.41 Å². The fraction of sp³-hybridized carbons (Fsp3) is 1.00. The molecular formula is C8H16NO+. The predicted molar refractivity (Wildman–Crippen MR) is 38.4 cm³/mol. The van der Waals surface area contributed by atoms with Crippen molar-refractivity contribution < 1.29 is 10.5 Å². The second kappa shape index (κ2) is 2.21. The quantitative estimate of drug-likeness (QED) is 0.515. The maximum absolute atomic E-state index is 5.32. The number of ether oxygens (including phenoxy) is 1. The Balaban J connectivity index is 1.90. The summed E-state index contributed by atoms with van der Waals surface area (Å²) in [5.41, 5.74) is 4.74. The van der Waals surface area contributed by atoms with E-state index in [9.17, 15) is 0 Å². The fourth-order valence-corrected chi connectivity index (χ4v) is 2.38. The third-order valence-corrected chi connectivity index (χ3v) is 3.00. The maximum Gasteiger partial charge on any atom is 0.0854 e. The Morgan fingerprint density at radius 3 is 2.30 bits per heavy atom. The topological polar surface area (TPSA) is 36.9 Å². The van der Waals surface area contributed by atoms with Gasteiger partial charge in [-0.05, 0) is 18.3 Å². The monoisotopic (exact) mass is 142 g/mol. The highest BCUT2D eigenvalue weighted by atomic mass is 16.5. The molecule has 0 aromatic rings. The van der Waals surface area contributed by atoms with Crippen LogP contribution in [0.15, 0.2) is 0 Å². The summed E-state index contributed by atoms with van der Waals surface area (Å²) in [5.74, 6) is 0. The van der Waals surface area contributed by atoms with Gasteiger partial charge in [-0.2, -0.15) is 0 Å². The van der Waals surface area contributed by atoms with Gasteiger partial charge in [0.05, 0.1) is 6.04 Å². The van der Waals surface area contributed by atoms with E-state index in [4.69, 9.17) is 4.74 Å². The lowest BCUT2D eigenvalue weighted by atomic mass is 9.61. The first kappa shape index (κ1) is 6.62. The van der Waals surface area contributed by atoms with Gasteiger partial charge in [-0.1, -0.05) is 0 Å². The molecule has 0 bridgehead atoms. The van der Waals surface area contributed by atoms with Crippen LogP contribution in [0.5, 0.6) is 0 Å². The van der Waals surface area contributed by atoms with Crippen molar-refractivity contribution in [2.45, 2.75) is 31.7 Å². The molecular weight excluding hydrogens is 126 g/mol. The molecule has 2 heteroatoms. The first-order valence-corrected chi connectivity index (χ1v) is 4.22. The zero-order chi connectivity index (χ0) is 7.03. The van der Waals surface area contributed by atoms with Crippen molar-refractivity contribution in [2.24, 2.45) is 5.41 Å². The Labute approximate surface area is 61.7 Å². The van der Waals surface area contributed by atoms with Gasteiger partial charge in [0.15, 0.2) is 0 Å². The molecule has 1 aliphatic heterocycles. The standard InChI is InChI=1S/C8H15NO/c9-7-5-8(6-7)1-3-10-4-2-8/h7H,1-6,9H2/p+1. The van der Waals surface area contributed by atoms with Crippen LogP contribution in [0.4, 0.5) is 0 Å². The average molecular weight is 142 g/mol. The molecule has 58 valence electrons. The number of hydrogen-bond donors (Lipinski definition) is 1. The molecule has 0 amide bonds. The van der Waals surface area contributed by atoms with Gasteiger partial charge in [0.25, 0.3) is 0 Å². The molecule has 1 saturated heterocycles. The van der Waals surface area contributed by atoms with Crippen LogP contribution in [0.1, 0.15) is 25.7 Å². The molecule has 0 unspecified atom stereocenters. The third kappa shape index (κ3) is 0.956. The number of hydrogen-bond acceptors (Lipinski definition) is 1. The second-order valence-electron chi connectivity index (χ2n) is 3.89. The Bertz CT molecular complexity index is 114. The largest absolute Gasteiger partial charge is 0.381 e. The van der Waals surface area contributed by atoms with E-state index < -0.39 is 0 Å².